The number of aliphatic hydroxyl groups excluding tert-OH is 1. The van der Waals surface area contributed by atoms with Gasteiger partial charge in [-0.05, 0) is 90.1 Å². The van der Waals surface area contributed by atoms with Crippen LogP contribution in [0.5, 0.6) is 0 Å². The predicted molar refractivity (Wildman–Crippen MR) is 422 cm³/mol. The Bertz CT molecular complexity index is 4360. The molecule has 6 aromatic rings. The van der Waals surface area contributed by atoms with Gasteiger partial charge < -0.3 is 95.4 Å². The number of hydrogen-bond donors (Lipinski definition) is 18. The van der Waals surface area contributed by atoms with Crippen LogP contribution < -0.4 is 75.3 Å². The minimum Gasteiger partial charge on any atom is -0.481 e. The molecule has 606 valence electrons. The molecule has 1 saturated heterocycles. The number of carboxylic acid groups (broad SMARTS) is 1. The molecule has 4 aromatic carbocycles. The molecule has 3 heterocycles. The quantitative estimate of drug-likeness (QED) is 0.0368. The molecule has 0 saturated carbocycles. The zero-order chi connectivity index (χ0) is 81.7. The molecule has 0 radical (unpaired) electrons. The van der Waals surface area contributed by atoms with Gasteiger partial charge in [0.2, 0.25) is 76.8 Å². The molecule has 112 heavy (non-hydrogen) atoms. The molecule has 13 atom stereocenters. The van der Waals surface area contributed by atoms with Gasteiger partial charge in [-0.25, -0.2) is 0 Å². The SMILES string of the molecule is CCCC[C@@H]1NC(=O)[C@H](Cc2c[nH]c3ccccc23)NC(=O)[C@H](CC(=O)O)NC(=O)[C@H](CCS(C)=O)NC(=O)CNC(=O)[C@H](CO)NC(=O)[C@H]([C@@H](C)CC)NC(=O)[C@H](Cc2ccc3ccccc3c2)NC(=O)CSC[C@@H](C(N)=O)NC(=O)[C@H](C(C)C)NC(=O)[C@H](Cc2c[nH]c3ccccc23)NC(=O)[C@H](CCCCN)NC1=O. The fraction of sp³-hybridized carbons (Fsp3) is 0.481. The molecule has 0 spiro atoms. The minimum absolute atomic E-state index is 0.0319. The molecule has 20 N–H and O–H groups in total. The number of amides is 13. The zero-order valence-electron chi connectivity index (χ0n) is 63.5. The van der Waals surface area contributed by atoms with Crippen LogP contribution in [-0.2, 0) is 97.2 Å². The Morgan fingerprint density at radius 2 is 1.01 bits per heavy atom. The number of H-pyrrole nitrogens is 2. The normalized spacial score (nSPS) is 23.5. The number of rotatable bonds is 23. The summed E-state index contributed by atoms with van der Waals surface area (Å²) in [4.78, 5) is 206. The van der Waals surface area contributed by atoms with E-state index < -0.39 is 197 Å². The number of unbranched alkanes of at least 4 members (excludes halogenated alkanes) is 2. The third kappa shape index (κ3) is 26.5. The number of aliphatic hydroxyl groups is 1. The highest BCUT2D eigenvalue weighted by Gasteiger charge is 2.39. The van der Waals surface area contributed by atoms with Gasteiger partial charge in [0.1, 0.15) is 66.5 Å². The Kier molecular flexibility index (Phi) is 34.5. The third-order valence-corrected chi connectivity index (χ3v) is 21.1. The number of aromatic amines is 2. The van der Waals surface area contributed by atoms with E-state index in [0.717, 1.165) is 22.5 Å². The second-order valence-electron chi connectivity index (χ2n) is 28.2. The number of carboxylic acids is 1. The lowest BCUT2D eigenvalue weighted by Crippen LogP contribution is -2.61. The number of para-hydroxylation sites is 2. The van der Waals surface area contributed by atoms with Gasteiger partial charge in [0, 0.05) is 82.0 Å². The van der Waals surface area contributed by atoms with Crippen LogP contribution in [0.2, 0.25) is 0 Å². The molecule has 35 heteroatoms. The number of primary amides is 1. The molecule has 33 nitrogen and oxygen atoms in total. The van der Waals surface area contributed by atoms with Gasteiger partial charge in [-0.15, -0.1) is 11.8 Å². The number of nitrogens with two attached hydrogens (primary N) is 2. The summed E-state index contributed by atoms with van der Waals surface area (Å²) in [5.74, 6) is -16.5. The van der Waals surface area contributed by atoms with Crippen LogP contribution in [0.15, 0.2) is 103 Å². The van der Waals surface area contributed by atoms with Crippen molar-refractivity contribution in [2.45, 2.75) is 178 Å². The van der Waals surface area contributed by atoms with E-state index in [1.807, 2.05) is 43.3 Å². The van der Waals surface area contributed by atoms with E-state index in [2.05, 4.69) is 73.8 Å². The second-order valence-corrected chi connectivity index (χ2v) is 30.8. The summed E-state index contributed by atoms with van der Waals surface area (Å²) in [7, 11) is -1.61. The summed E-state index contributed by atoms with van der Waals surface area (Å²) in [5.41, 5.74) is 14.8. The van der Waals surface area contributed by atoms with Gasteiger partial charge in [-0.2, -0.15) is 0 Å². The Morgan fingerprint density at radius 1 is 0.527 bits per heavy atom. The first kappa shape index (κ1) is 88.4. The Hall–Kier alpha value is -10.8. The summed E-state index contributed by atoms with van der Waals surface area (Å²) in [6.07, 6.45) is 4.10. The van der Waals surface area contributed by atoms with Crippen LogP contribution in [0.3, 0.4) is 0 Å². The fourth-order valence-corrected chi connectivity index (χ4v) is 14.1. The van der Waals surface area contributed by atoms with Crippen LogP contribution in [0.1, 0.15) is 109 Å². The average molecular weight is 1590 g/mol. The van der Waals surface area contributed by atoms with Crippen molar-refractivity contribution in [2.75, 3.05) is 43.2 Å². The van der Waals surface area contributed by atoms with Crippen molar-refractivity contribution in [2.24, 2.45) is 23.3 Å². The fourth-order valence-electron chi connectivity index (χ4n) is 12.7. The minimum atomic E-state index is -1.99. The first-order valence-corrected chi connectivity index (χ1v) is 40.3. The van der Waals surface area contributed by atoms with E-state index in [4.69, 9.17) is 11.5 Å². The zero-order valence-corrected chi connectivity index (χ0v) is 65.2. The van der Waals surface area contributed by atoms with Crippen molar-refractivity contribution in [3.8, 4) is 0 Å². The number of aromatic nitrogens is 2. The maximum atomic E-state index is 15.0. The maximum Gasteiger partial charge on any atom is 0.305 e. The molecule has 2 aromatic heterocycles. The number of carbonyl (C=O) groups excluding carboxylic acids is 13. The number of carbonyl (C=O) groups is 14. The molecule has 1 fully saturated rings. The topological polar surface area (TPSA) is 524 Å². The summed E-state index contributed by atoms with van der Waals surface area (Å²) in [6, 6.07) is 9.82. The lowest BCUT2D eigenvalue weighted by Gasteiger charge is -2.29. The lowest BCUT2D eigenvalue weighted by atomic mass is 9.96. The van der Waals surface area contributed by atoms with E-state index >= 15 is 14.4 Å². The van der Waals surface area contributed by atoms with Crippen LogP contribution in [0.4, 0.5) is 0 Å². The van der Waals surface area contributed by atoms with Crippen molar-refractivity contribution in [1.82, 2.24) is 73.8 Å². The van der Waals surface area contributed by atoms with Crippen molar-refractivity contribution in [3.05, 3.63) is 120 Å². The maximum absolute atomic E-state index is 15.0. The number of hydrogen-bond acceptors (Lipinski definition) is 18. The third-order valence-electron chi connectivity index (χ3n) is 19.2. The molecule has 1 aliphatic rings. The van der Waals surface area contributed by atoms with Crippen molar-refractivity contribution >= 4 is 138 Å². The lowest BCUT2D eigenvalue weighted by molar-refractivity contribution is -0.141. The highest BCUT2D eigenvalue weighted by Crippen LogP contribution is 2.24. The van der Waals surface area contributed by atoms with Crippen LogP contribution in [-0.4, -0.2) is 217 Å². The number of benzene rings is 4. The van der Waals surface area contributed by atoms with E-state index in [-0.39, 0.29) is 69.4 Å². The Balaban J connectivity index is 1.26. The summed E-state index contributed by atoms with van der Waals surface area (Å²) in [5, 5.41) is 54.8. The van der Waals surface area contributed by atoms with Crippen molar-refractivity contribution < 1.29 is 81.5 Å². The highest BCUT2D eigenvalue weighted by molar-refractivity contribution is 8.00. The van der Waals surface area contributed by atoms with Crippen LogP contribution in [0.25, 0.3) is 32.6 Å². The molecular formula is C77H104N16O17S2. The van der Waals surface area contributed by atoms with Gasteiger partial charge in [0.15, 0.2) is 0 Å². The average Bonchev–Trinajstić information content (AvgIpc) is 0.996. The van der Waals surface area contributed by atoms with Gasteiger partial charge in [0.25, 0.3) is 0 Å². The summed E-state index contributed by atoms with van der Waals surface area (Å²) >= 11 is 0.864. The summed E-state index contributed by atoms with van der Waals surface area (Å²) in [6.45, 7) is 6.63. The van der Waals surface area contributed by atoms with Gasteiger partial charge in [0.05, 0.1) is 25.3 Å². The smallest absolute Gasteiger partial charge is 0.305 e. The van der Waals surface area contributed by atoms with Crippen molar-refractivity contribution in [1.29, 1.82) is 0 Å². The van der Waals surface area contributed by atoms with Gasteiger partial charge in [-0.3, -0.25) is 71.3 Å². The molecule has 0 aliphatic carbocycles. The second kappa shape index (κ2) is 43.7. The molecule has 1 unspecified atom stereocenters. The highest BCUT2D eigenvalue weighted by atomic mass is 32.2. The summed E-state index contributed by atoms with van der Waals surface area (Å²) < 4.78 is 12.5. The van der Waals surface area contributed by atoms with E-state index in [1.165, 1.54) is 6.26 Å². The molecule has 13 amide bonds. The van der Waals surface area contributed by atoms with Crippen LogP contribution in [0, 0.1) is 11.8 Å². The monoisotopic (exact) mass is 1590 g/mol. The Labute approximate surface area is 654 Å². The number of aliphatic carboxylic acids is 1. The van der Waals surface area contributed by atoms with Gasteiger partial charge in [-0.1, -0.05) is 133 Å². The molecular weight excluding hydrogens is 1490 g/mol. The number of nitrogens with one attached hydrogen (secondary N) is 14. The van der Waals surface area contributed by atoms with E-state index in [9.17, 15) is 67.2 Å². The standard InChI is InChI=1S/C77H104N16O17S2/c1-7-9-22-53-69(101)85-54(25-16-17-29-78)70(102)87-58(34-48-37-81-52-24-15-13-21-50(48)52)75(107)92-65(42(3)4)76(108)91-61(67(79)99)40-111-41-63(96)84-56(32-44-26-27-45-18-10-11-19-46(45)31-44)74(106)93-66(43(5)8-2)77(109)90-60(39-94)68(100)82-38-62(95)83-55(28-30-112(6)110)71(103)89-59(35-64(97)98)73(105)88-57(72(104)86-53)33-47-36-80-51-23-14-12-20-49(47)51/h10-15,18-21,23-24,26-27,31,36-37,42-43,53-61,65-66,80-81,94H,7-9,16-17,22,25,28-30,32-35,38-41,78H2,1-6H3,(H2,79,99)(H,82,100)(H,83,95)(H,84,96)(H,85,101)(H,86,104)(H,87,102)(H,88,105)(H,89,103)(H,90,109)(H,91,108)(H,92,107)(H,93,106)(H,97,98)/t43-,53-,54-,55-,56-,57-,58-,59-,60-,61-,65-,66-,112?/m0/s1. The van der Waals surface area contributed by atoms with Crippen LogP contribution >= 0.6 is 11.8 Å². The first-order chi connectivity index (χ1) is 53.5. The predicted octanol–water partition coefficient (Wildman–Crippen LogP) is -0.232. The largest absolute Gasteiger partial charge is 0.481 e. The van der Waals surface area contributed by atoms with Gasteiger partial charge >= 0.3 is 5.97 Å². The van der Waals surface area contributed by atoms with E-state index in [0.29, 0.717) is 57.8 Å². The van der Waals surface area contributed by atoms with E-state index in [1.54, 1.807) is 94.7 Å². The Morgan fingerprint density at radius 3 is 1.55 bits per heavy atom. The number of thioether (sulfide) groups is 1. The molecule has 7 rings (SSSR count). The molecule has 1 aliphatic heterocycles. The molecule has 0 bridgehead atoms. The number of fused-ring (bicyclic) bond motifs is 3. The first-order valence-electron chi connectivity index (χ1n) is 37.4. The van der Waals surface area contributed by atoms with Crippen molar-refractivity contribution in [3.63, 3.8) is 0 Å².